The zero-order valence-corrected chi connectivity index (χ0v) is 26.2. The number of carbonyl (C=O) groups excluding carboxylic acids is 1. The molecule has 2 aromatic rings. The van der Waals surface area contributed by atoms with Crippen LogP contribution in [0.3, 0.4) is 0 Å². The van der Waals surface area contributed by atoms with E-state index < -0.39 is 14.4 Å². The standard InChI is InChI=1S/C33H50O6Si/c1-7-40(8-2,9-3)39-31(19-20-37-24-27-13-11-10-12-14-27)23-32(21-29(34)22-33(35)26(4)5)38-25-28-15-17-30(36-6)18-16-28/h10-18,31-33,35H,4,7-9,19-25H2,1-3,5-6H3/t31-,32+,33+/m0/s1. The zero-order valence-electron chi connectivity index (χ0n) is 25.2. The van der Waals surface area contributed by atoms with Crippen LogP contribution in [0.4, 0.5) is 0 Å². The summed E-state index contributed by atoms with van der Waals surface area (Å²) >= 11 is 0. The highest BCUT2D eigenvalue weighted by Crippen LogP contribution is 2.28. The molecule has 40 heavy (non-hydrogen) atoms. The van der Waals surface area contributed by atoms with Crippen molar-refractivity contribution in [2.75, 3.05) is 13.7 Å². The van der Waals surface area contributed by atoms with E-state index in [2.05, 4.69) is 39.5 Å². The number of benzene rings is 2. The maximum atomic E-state index is 13.0. The number of Topliss-reactive ketones (excluding diaryl/α,β-unsaturated/α-hetero) is 1. The van der Waals surface area contributed by atoms with Crippen molar-refractivity contribution in [2.45, 2.75) is 103 Å². The molecular weight excluding hydrogens is 520 g/mol. The van der Waals surface area contributed by atoms with E-state index in [0.29, 0.717) is 31.8 Å². The largest absolute Gasteiger partial charge is 0.497 e. The first kappa shape index (κ1) is 33.9. The van der Waals surface area contributed by atoms with Crippen LogP contribution in [-0.4, -0.2) is 51.2 Å². The molecular formula is C33H50O6Si. The van der Waals surface area contributed by atoms with E-state index in [1.54, 1.807) is 14.0 Å². The highest BCUT2D eigenvalue weighted by molar-refractivity contribution is 6.73. The lowest BCUT2D eigenvalue weighted by Crippen LogP contribution is -2.41. The van der Waals surface area contributed by atoms with Gasteiger partial charge in [-0.05, 0) is 61.2 Å². The summed E-state index contributed by atoms with van der Waals surface area (Å²) in [4.78, 5) is 13.0. The Morgan fingerprint density at radius 2 is 1.52 bits per heavy atom. The van der Waals surface area contributed by atoms with Gasteiger partial charge in [0, 0.05) is 25.6 Å². The molecule has 0 fully saturated rings. The van der Waals surface area contributed by atoms with Gasteiger partial charge < -0.3 is 23.7 Å². The van der Waals surface area contributed by atoms with Crippen molar-refractivity contribution in [1.29, 1.82) is 0 Å². The fourth-order valence-corrected chi connectivity index (χ4v) is 7.65. The lowest BCUT2D eigenvalue weighted by molar-refractivity contribution is -0.124. The molecule has 6 nitrogen and oxygen atoms in total. The van der Waals surface area contributed by atoms with Crippen LogP contribution in [0.25, 0.3) is 0 Å². The van der Waals surface area contributed by atoms with E-state index in [4.69, 9.17) is 18.6 Å². The van der Waals surface area contributed by atoms with E-state index in [9.17, 15) is 9.90 Å². The Labute approximate surface area is 242 Å². The highest BCUT2D eigenvalue weighted by atomic mass is 28.4. The molecule has 2 aromatic carbocycles. The minimum absolute atomic E-state index is 0.0423. The van der Waals surface area contributed by atoms with E-state index in [0.717, 1.165) is 41.4 Å². The Kier molecular flexibility index (Phi) is 15.4. The second kappa shape index (κ2) is 18.2. The normalized spacial score (nSPS) is 13.9. The van der Waals surface area contributed by atoms with E-state index in [1.807, 2.05) is 42.5 Å². The number of ether oxygens (including phenoxy) is 3. The van der Waals surface area contributed by atoms with Crippen molar-refractivity contribution < 1.29 is 28.5 Å². The molecule has 0 aliphatic carbocycles. The van der Waals surface area contributed by atoms with Crippen LogP contribution in [0.2, 0.25) is 18.1 Å². The first-order valence-electron chi connectivity index (χ1n) is 14.6. The van der Waals surface area contributed by atoms with Gasteiger partial charge in [0.1, 0.15) is 11.5 Å². The molecule has 222 valence electrons. The zero-order chi connectivity index (χ0) is 29.4. The summed E-state index contributed by atoms with van der Waals surface area (Å²) < 4.78 is 24.6. The van der Waals surface area contributed by atoms with Gasteiger partial charge in [-0.2, -0.15) is 0 Å². The van der Waals surface area contributed by atoms with E-state index in [1.165, 1.54) is 0 Å². The minimum atomic E-state index is -1.91. The molecule has 0 aliphatic rings. The lowest BCUT2D eigenvalue weighted by Gasteiger charge is -2.35. The Balaban J connectivity index is 2.15. The third kappa shape index (κ3) is 12.1. The molecule has 0 aromatic heterocycles. The second-order valence-corrected chi connectivity index (χ2v) is 15.4. The number of hydrogen-bond acceptors (Lipinski definition) is 6. The van der Waals surface area contributed by atoms with Crippen LogP contribution in [0.15, 0.2) is 66.7 Å². The SMILES string of the molecule is C=C(C)[C@H](O)CC(=O)C[C@H](C[C@H](CCOCc1ccccc1)O[Si](CC)(CC)CC)OCc1ccc(OC)cc1. The summed E-state index contributed by atoms with van der Waals surface area (Å²) in [5.41, 5.74) is 2.73. The number of hydrogen-bond donors (Lipinski definition) is 1. The molecule has 0 spiro atoms. The minimum Gasteiger partial charge on any atom is -0.497 e. The molecule has 1 N–H and O–H groups in total. The fourth-order valence-electron chi connectivity index (χ4n) is 4.72. The second-order valence-electron chi connectivity index (χ2n) is 10.6. The van der Waals surface area contributed by atoms with Crippen LogP contribution < -0.4 is 4.74 Å². The Morgan fingerprint density at radius 3 is 2.10 bits per heavy atom. The lowest BCUT2D eigenvalue weighted by atomic mass is 9.99. The third-order valence-corrected chi connectivity index (χ3v) is 12.4. The van der Waals surface area contributed by atoms with Gasteiger partial charge in [0.2, 0.25) is 0 Å². The Hall–Kier alpha value is -2.29. The average molecular weight is 571 g/mol. The summed E-state index contributed by atoms with van der Waals surface area (Å²) in [6, 6.07) is 21.0. The number of methoxy groups -OCH3 is 1. The van der Waals surface area contributed by atoms with Gasteiger partial charge in [0.05, 0.1) is 32.5 Å². The quantitative estimate of drug-likeness (QED) is 0.0968. The highest BCUT2D eigenvalue weighted by Gasteiger charge is 2.33. The maximum Gasteiger partial charge on any atom is 0.192 e. The van der Waals surface area contributed by atoms with E-state index in [-0.39, 0.29) is 30.8 Å². The van der Waals surface area contributed by atoms with Gasteiger partial charge in [-0.3, -0.25) is 4.79 Å². The summed E-state index contributed by atoms with van der Waals surface area (Å²) in [6.45, 7) is 13.7. The van der Waals surface area contributed by atoms with Gasteiger partial charge in [-0.1, -0.05) is 75.4 Å². The predicted molar refractivity (Wildman–Crippen MR) is 164 cm³/mol. The van der Waals surface area contributed by atoms with Crippen molar-refractivity contribution in [3.05, 3.63) is 77.9 Å². The topological polar surface area (TPSA) is 74.2 Å². The number of carbonyl (C=O) groups is 1. The molecule has 0 radical (unpaired) electrons. The van der Waals surface area contributed by atoms with Crippen LogP contribution >= 0.6 is 0 Å². The third-order valence-electron chi connectivity index (χ3n) is 7.66. The summed E-state index contributed by atoms with van der Waals surface area (Å²) in [6.07, 6.45) is 0.311. The molecule has 2 rings (SSSR count). The first-order valence-corrected chi connectivity index (χ1v) is 17.2. The number of aliphatic hydroxyl groups is 1. The molecule has 0 unspecified atom stereocenters. The number of aliphatic hydroxyl groups excluding tert-OH is 1. The molecule has 7 heteroatoms. The molecule has 0 amide bonds. The smallest absolute Gasteiger partial charge is 0.192 e. The van der Waals surface area contributed by atoms with Crippen molar-refractivity contribution in [3.8, 4) is 5.75 Å². The molecule has 0 saturated carbocycles. The molecule has 0 aliphatic heterocycles. The van der Waals surface area contributed by atoms with Crippen LogP contribution in [0, 0.1) is 0 Å². The van der Waals surface area contributed by atoms with Crippen molar-refractivity contribution in [3.63, 3.8) is 0 Å². The van der Waals surface area contributed by atoms with Crippen molar-refractivity contribution >= 4 is 14.1 Å². The van der Waals surface area contributed by atoms with Crippen LogP contribution in [0.5, 0.6) is 5.75 Å². The monoisotopic (exact) mass is 570 g/mol. The van der Waals surface area contributed by atoms with Crippen molar-refractivity contribution in [2.24, 2.45) is 0 Å². The molecule has 0 saturated heterocycles. The molecule has 0 bridgehead atoms. The first-order chi connectivity index (χ1) is 19.2. The Bertz CT molecular complexity index is 981. The number of rotatable bonds is 21. The molecule has 3 atom stereocenters. The number of ketones is 1. The average Bonchev–Trinajstić information content (AvgIpc) is 2.97. The predicted octanol–water partition coefficient (Wildman–Crippen LogP) is 7.25. The summed E-state index contributed by atoms with van der Waals surface area (Å²) in [5, 5.41) is 10.2. The molecule has 0 heterocycles. The summed E-state index contributed by atoms with van der Waals surface area (Å²) in [5.74, 6) is 0.743. The van der Waals surface area contributed by atoms with Crippen molar-refractivity contribution in [1.82, 2.24) is 0 Å². The Morgan fingerprint density at radius 1 is 0.900 bits per heavy atom. The van der Waals surface area contributed by atoms with E-state index >= 15 is 0 Å². The van der Waals surface area contributed by atoms with Gasteiger partial charge in [0.15, 0.2) is 8.32 Å². The maximum absolute atomic E-state index is 13.0. The van der Waals surface area contributed by atoms with Crippen LogP contribution in [-0.2, 0) is 31.9 Å². The fraction of sp³-hybridized carbons (Fsp3) is 0.545. The van der Waals surface area contributed by atoms with Gasteiger partial charge >= 0.3 is 0 Å². The van der Waals surface area contributed by atoms with Gasteiger partial charge in [0.25, 0.3) is 0 Å². The summed E-state index contributed by atoms with van der Waals surface area (Å²) in [7, 11) is -0.270. The van der Waals surface area contributed by atoms with Gasteiger partial charge in [-0.25, -0.2) is 0 Å². The van der Waals surface area contributed by atoms with Crippen LogP contribution in [0.1, 0.15) is 64.5 Å². The van der Waals surface area contributed by atoms with Gasteiger partial charge in [-0.15, -0.1) is 0 Å².